The predicted molar refractivity (Wildman–Crippen MR) is 96.3 cm³/mol. The number of hydrogen-bond donors (Lipinski definition) is 1. The molecule has 0 aliphatic heterocycles. The van der Waals surface area contributed by atoms with Crippen molar-refractivity contribution in [3.63, 3.8) is 0 Å². The molecule has 0 fully saturated rings. The van der Waals surface area contributed by atoms with Gasteiger partial charge in [0.15, 0.2) is 0 Å². The van der Waals surface area contributed by atoms with Crippen LogP contribution < -0.4 is 0 Å². The van der Waals surface area contributed by atoms with E-state index in [1.54, 1.807) is 19.1 Å². The lowest BCUT2D eigenvalue weighted by Crippen LogP contribution is -2.03. The number of hydrogen-bond acceptors (Lipinski definition) is 5. The lowest BCUT2D eigenvalue weighted by molar-refractivity contribution is -0.142. The number of terminal acetylenes is 1. The number of carbonyl (C=O) groups is 3. The minimum atomic E-state index is -0.981. The van der Waals surface area contributed by atoms with E-state index in [-0.39, 0.29) is 12.4 Å². The quantitative estimate of drug-likeness (QED) is 0.190. The molecule has 0 bridgehead atoms. The highest BCUT2D eigenvalue weighted by atomic mass is 16.5. The van der Waals surface area contributed by atoms with Crippen LogP contribution in [0, 0.1) is 24.2 Å². The van der Waals surface area contributed by atoms with E-state index in [9.17, 15) is 14.4 Å². The molecule has 0 radical (unpaired) electrons. The molecule has 25 heavy (non-hydrogen) atoms. The summed E-state index contributed by atoms with van der Waals surface area (Å²) in [6.07, 6.45) is 11.7. The summed E-state index contributed by atoms with van der Waals surface area (Å²) in [6, 6.07) is 0. The molecule has 1 N–H and O–H groups in total. The fraction of sp³-hybridized carbons (Fsp3) is 0.316. The molecule has 0 heterocycles. The van der Waals surface area contributed by atoms with E-state index in [1.807, 2.05) is 13.0 Å². The van der Waals surface area contributed by atoms with Gasteiger partial charge in [-0.2, -0.15) is 0 Å². The summed E-state index contributed by atoms with van der Waals surface area (Å²) in [5.41, 5.74) is 0. The molecular formula is C19H24O6. The number of carboxylic acids is 1. The Kier molecular flexibility index (Phi) is 24.5. The average Bonchev–Trinajstić information content (AvgIpc) is 2.57. The number of rotatable bonds is 7. The summed E-state index contributed by atoms with van der Waals surface area (Å²) in [7, 11) is 0. The molecule has 0 saturated carbocycles. The van der Waals surface area contributed by atoms with E-state index in [1.165, 1.54) is 0 Å². The van der Waals surface area contributed by atoms with Crippen LogP contribution >= 0.6 is 0 Å². The fourth-order valence-electron chi connectivity index (χ4n) is 0.749. The monoisotopic (exact) mass is 348 g/mol. The van der Waals surface area contributed by atoms with Gasteiger partial charge in [-0.15, -0.1) is 13.0 Å². The van der Waals surface area contributed by atoms with E-state index < -0.39 is 11.9 Å². The molecule has 0 atom stereocenters. The van der Waals surface area contributed by atoms with Crippen LogP contribution in [0.4, 0.5) is 0 Å². The van der Waals surface area contributed by atoms with Crippen molar-refractivity contribution in [2.75, 3.05) is 13.2 Å². The molecule has 0 aliphatic carbocycles. The van der Waals surface area contributed by atoms with Crippen LogP contribution in [0.5, 0.6) is 0 Å². The summed E-state index contributed by atoms with van der Waals surface area (Å²) in [4.78, 5) is 30.3. The van der Waals surface area contributed by atoms with Gasteiger partial charge in [-0.1, -0.05) is 36.6 Å². The van der Waals surface area contributed by atoms with Crippen molar-refractivity contribution < 1.29 is 29.0 Å². The van der Waals surface area contributed by atoms with Gasteiger partial charge in [0.05, 0.1) is 6.61 Å². The predicted octanol–water partition coefficient (Wildman–Crippen LogP) is 2.52. The van der Waals surface area contributed by atoms with Gasteiger partial charge in [0.25, 0.3) is 0 Å². The maximum absolute atomic E-state index is 10.5. The Hall–Kier alpha value is -3.25. The third kappa shape index (κ3) is 33.5. The molecule has 0 aliphatic rings. The molecule has 6 heteroatoms. The first kappa shape index (κ1) is 26.6. The summed E-state index contributed by atoms with van der Waals surface area (Å²) < 4.78 is 9.29. The number of carboxylic acid groups (broad SMARTS) is 1. The highest BCUT2D eigenvalue weighted by molar-refractivity contribution is 5.88. The Balaban J connectivity index is -0.000000308. The van der Waals surface area contributed by atoms with Gasteiger partial charge in [0.2, 0.25) is 0 Å². The zero-order valence-corrected chi connectivity index (χ0v) is 14.6. The van der Waals surface area contributed by atoms with Gasteiger partial charge < -0.3 is 14.6 Å². The van der Waals surface area contributed by atoms with Crippen molar-refractivity contribution >= 4 is 17.9 Å². The van der Waals surface area contributed by atoms with Crippen LogP contribution in [0.3, 0.4) is 0 Å². The maximum atomic E-state index is 10.5. The van der Waals surface area contributed by atoms with E-state index in [0.717, 1.165) is 6.08 Å². The topological polar surface area (TPSA) is 89.9 Å². The maximum Gasteiger partial charge on any atom is 0.384 e. The second kappa shape index (κ2) is 23.0. The van der Waals surface area contributed by atoms with Gasteiger partial charge in [0, 0.05) is 12.0 Å². The zero-order chi connectivity index (χ0) is 19.9. The molecule has 0 aromatic carbocycles. The van der Waals surface area contributed by atoms with Crippen molar-refractivity contribution in [1.29, 1.82) is 0 Å². The number of ether oxygens (including phenoxy) is 2. The third-order valence-corrected chi connectivity index (χ3v) is 1.78. The smallest absolute Gasteiger partial charge is 0.384 e. The molecule has 0 rings (SSSR count). The zero-order valence-electron chi connectivity index (χ0n) is 14.6. The van der Waals surface area contributed by atoms with Crippen molar-refractivity contribution in [3.8, 4) is 24.2 Å². The summed E-state index contributed by atoms with van der Waals surface area (Å²) >= 11 is 0. The molecule has 0 spiro atoms. The SMILES string of the molecule is C#CCC(=O)OCCC=C.C=CC(=O)O.CC#CC(=O)OCC=CC. The first-order valence-electron chi connectivity index (χ1n) is 7.15. The van der Waals surface area contributed by atoms with Gasteiger partial charge in [-0.05, 0) is 20.3 Å². The van der Waals surface area contributed by atoms with Crippen LogP contribution in [0.1, 0.15) is 26.7 Å². The molecular weight excluding hydrogens is 324 g/mol. The molecule has 0 unspecified atom stereocenters. The van der Waals surface area contributed by atoms with Crippen LogP contribution in [-0.4, -0.2) is 36.2 Å². The Morgan fingerprint density at radius 2 is 1.84 bits per heavy atom. The number of carbonyl (C=O) groups excluding carboxylic acids is 2. The fourth-order valence-corrected chi connectivity index (χ4v) is 0.749. The highest BCUT2D eigenvalue weighted by Gasteiger charge is 1.96. The molecule has 0 aromatic heterocycles. The minimum Gasteiger partial charge on any atom is -0.478 e. The second-order valence-corrected chi connectivity index (χ2v) is 3.76. The first-order chi connectivity index (χ1) is 11.9. The van der Waals surface area contributed by atoms with Crippen molar-refractivity contribution in [3.05, 3.63) is 37.5 Å². The van der Waals surface area contributed by atoms with E-state index in [0.29, 0.717) is 19.6 Å². The van der Waals surface area contributed by atoms with E-state index in [4.69, 9.17) is 11.5 Å². The number of allylic oxidation sites excluding steroid dienone is 1. The second-order valence-electron chi connectivity index (χ2n) is 3.76. The lowest BCUT2D eigenvalue weighted by Gasteiger charge is -1.97. The van der Waals surface area contributed by atoms with Gasteiger partial charge in [0.1, 0.15) is 13.0 Å². The van der Waals surface area contributed by atoms with Crippen LogP contribution in [0.15, 0.2) is 37.5 Å². The Bertz CT molecular complexity index is 540. The van der Waals surface area contributed by atoms with E-state index >= 15 is 0 Å². The number of aliphatic carboxylic acids is 1. The molecule has 136 valence electrons. The molecule has 0 aromatic rings. The van der Waals surface area contributed by atoms with Crippen LogP contribution in [0.25, 0.3) is 0 Å². The van der Waals surface area contributed by atoms with Gasteiger partial charge in [-0.25, -0.2) is 9.59 Å². The normalized spacial score (nSPS) is 7.88. The van der Waals surface area contributed by atoms with Crippen molar-refractivity contribution in [1.82, 2.24) is 0 Å². The number of esters is 2. The first-order valence-corrected chi connectivity index (χ1v) is 7.15. The molecule has 6 nitrogen and oxygen atoms in total. The van der Waals surface area contributed by atoms with Crippen molar-refractivity contribution in [2.45, 2.75) is 26.7 Å². The Morgan fingerprint density at radius 1 is 1.24 bits per heavy atom. The lowest BCUT2D eigenvalue weighted by atomic mass is 10.4. The van der Waals surface area contributed by atoms with Crippen LogP contribution in [-0.2, 0) is 23.9 Å². The summed E-state index contributed by atoms with van der Waals surface area (Å²) in [6.45, 7) is 10.6. The summed E-state index contributed by atoms with van der Waals surface area (Å²) in [5, 5.41) is 7.60. The van der Waals surface area contributed by atoms with Crippen LogP contribution in [0.2, 0.25) is 0 Å². The van der Waals surface area contributed by atoms with E-state index in [2.05, 4.69) is 40.4 Å². The third-order valence-electron chi connectivity index (χ3n) is 1.78. The minimum absolute atomic E-state index is 0.0527. The Morgan fingerprint density at radius 3 is 2.24 bits per heavy atom. The largest absolute Gasteiger partial charge is 0.478 e. The Labute approximate surface area is 149 Å². The standard InChI is InChI=1S/2C8H10O2.C3H4O2/c2*1-3-5-7-10-8(9)6-4-2;1-2-3(4)5/h3,5H,7H2,1-2H3;2-3H,1,5-7H2;2H,1H2,(H,4,5). The molecule has 0 amide bonds. The summed E-state index contributed by atoms with van der Waals surface area (Å²) in [5.74, 6) is 5.10. The highest BCUT2D eigenvalue weighted by Crippen LogP contribution is 1.87. The van der Waals surface area contributed by atoms with Gasteiger partial charge >= 0.3 is 17.9 Å². The van der Waals surface area contributed by atoms with Gasteiger partial charge in [-0.3, -0.25) is 4.79 Å². The average molecular weight is 348 g/mol. The van der Waals surface area contributed by atoms with Crippen molar-refractivity contribution in [2.24, 2.45) is 0 Å². The molecule has 0 saturated heterocycles.